The molecule has 0 bridgehead atoms. The molecule has 0 aliphatic heterocycles. The van der Waals surface area contributed by atoms with Gasteiger partial charge in [-0.1, -0.05) is 6.92 Å². The molecule has 24 heavy (non-hydrogen) atoms. The van der Waals surface area contributed by atoms with E-state index in [1.807, 2.05) is 0 Å². The molecule has 0 unspecified atom stereocenters. The van der Waals surface area contributed by atoms with Crippen molar-refractivity contribution in [3.63, 3.8) is 0 Å². The minimum atomic E-state index is -1.05. The molecule has 0 radical (unpaired) electrons. The van der Waals surface area contributed by atoms with Gasteiger partial charge in [-0.2, -0.15) is 5.10 Å². The quantitative estimate of drug-likeness (QED) is 0.937. The Morgan fingerprint density at radius 3 is 2.88 bits per heavy atom. The van der Waals surface area contributed by atoms with Crippen molar-refractivity contribution >= 4 is 11.6 Å². The van der Waals surface area contributed by atoms with Crippen LogP contribution in [0.5, 0.6) is 0 Å². The van der Waals surface area contributed by atoms with Crippen molar-refractivity contribution < 1.29 is 13.6 Å². The Balaban J connectivity index is 1.74. The molecule has 5 nitrogen and oxygen atoms in total. The zero-order valence-corrected chi connectivity index (χ0v) is 13.2. The van der Waals surface area contributed by atoms with E-state index in [2.05, 4.69) is 17.3 Å². The predicted molar refractivity (Wildman–Crippen MR) is 84.7 cm³/mol. The summed E-state index contributed by atoms with van der Waals surface area (Å²) in [5.74, 6) is -2.05. The fourth-order valence-electron chi connectivity index (χ4n) is 2.84. The van der Waals surface area contributed by atoms with Crippen LogP contribution in [-0.4, -0.2) is 15.7 Å². The lowest BCUT2D eigenvalue weighted by Crippen LogP contribution is -2.32. The number of hydrogen-bond acceptors (Lipinski definition) is 3. The SMILES string of the molecule is C[C@@H]1CCc2nn(CC(=O)Nc3ccc(F)c(F)c3)c(=O)cc2C1. The largest absolute Gasteiger partial charge is 0.324 e. The molecule has 2 aromatic rings. The van der Waals surface area contributed by atoms with E-state index in [1.165, 1.54) is 12.1 Å². The van der Waals surface area contributed by atoms with Gasteiger partial charge >= 0.3 is 0 Å². The van der Waals surface area contributed by atoms with Crippen molar-refractivity contribution in [1.82, 2.24) is 9.78 Å². The number of anilines is 1. The van der Waals surface area contributed by atoms with E-state index in [1.54, 1.807) is 0 Å². The zero-order valence-electron chi connectivity index (χ0n) is 13.2. The van der Waals surface area contributed by atoms with Crippen molar-refractivity contribution in [3.05, 3.63) is 57.5 Å². The van der Waals surface area contributed by atoms with Crippen LogP contribution in [0.4, 0.5) is 14.5 Å². The summed E-state index contributed by atoms with van der Waals surface area (Å²) in [5, 5.41) is 6.70. The highest BCUT2D eigenvalue weighted by Gasteiger charge is 2.19. The second-order valence-electron chi connectivity index (χ2n) is 6.14. The maximum atomic E-state index is 13.1. The van der Waals surface area contributed by atoms with E-state index in [9.17, 15) is 18.4 Å². The number of carbonyl (C=O) groups excluding carboxylic acids is 1. The molecule has 126 valence electrons. The number of benzene rings is 1. The lowest BCUT2D eigenvalue weighted by Gasteiger charge is -2.20. The van der Waals surface area contributed by atoms with Crippen LogP contribution in [0.15, 0.2) is 29.1 Å². The van der Waals surface area contributed by atoms with Crippen molar-refractivity contribution in [2.75, 3.05) is 5.32 Å². The van der Waals surface area contributed by atoms with E-state index < -0.39 is 17.5 Å². The number of halogens is 2. The van der Waals surface area contributed by atoms with Crippen molar-refractivity contribution in [2.24, 2.45) is 5.92 Å². The number of hydrogen-bond donors (Lipinski definition) is 1. The van der Waals surface area contributed by atoms with Crippen LogP contribution in [0, 0.1) is 17.6 Å². The van der Waals surface area contributed by atoms with Gasteiger partial charge in [-0.15, -0.1) is 0 Å². The fraction of sp³-hybridized carbons (Fsp3) is 0.353. The number of carbonyl (C=O) groups is 1. The average molecular weight is 333 g/mol. The van der Waals surface area contributed by atoms with Gasteiger partial charge in [0.05, 0.1) is 5.69 Å². The Kier molecular flexibility index (Phi) is 4.42. The van der Waals surface area contributed by atoms with Gasteiger partial charge in [0.15, 0.2) is 11.6 Å². The molecule has 1 aliphatic rings. The smallest absolute Gasteiger partial charge is 0.267 e. The Bertz CT molecular complexity index is 848. The van der Waals surface area contributed by atoms with E-state index in [4.69, 9.17) is 0 Å². The molecule has 1 amide bonds. The van der Waals surface area contributed by atoms with Crippen LogP contribution in [0.3, 0.4) is 0 Å². The lowest BCUT2D eigenvalue weighted by molar-refractivity contribution is -0.117. The molecular weight excluding hydrogens is 316 g/mol. The third-order valence-corrected chi connectivity index (χ3v) is 4.10. The maximum absolute atomic E-state index is 13.1. The number of nitrogens with one attached hydrogen (secondary N) is 1. The molecule has 1 aromatic heterocycles. The van der Waals surface area contributed by atoms with Crippen LogP contribution in [0.2, 0.25) is 0 Å². The number of amides is 1. The van der Waals surface area contributed by atoms with Crippen LogP contribution in [-0.2, 0) is 24.2 Å². The first-order valence-corrected chi connectivity index (χ1v) is 7.77. The molecule has 1 N–H and O–H groups in total. The molecular formula is C17H17F2N3O2. The number of nitrogens with zero attached hydrogens (tertiary/aromatic N) is 2. The van der Waals surface area contributed by atoms with E-state index >= 15 is 0 Å². The van der Waals surface area contributed by atoms with Crippen LogP contribution >= 0.6 is 0 Å². The standard InChI is InChI=1S/C17H17F2N3O2/c1-10-2-5-15-11(6-10)7-17(24)22(21-15)9-16(23)20-12-3-4-13(18)14(19)8-12/h3-4,7-8,10H,2,5-6,9H2,1H3,(H,20,23)/t10-/m1/s1. The van der Waals surface area contributed by atoms with Gasteiger partial charge in [0.25, 0.3) is 5.56 Å². The molecule has 1 atom stereocenters. The second-order valence-corrected chi connectivity index (χ2v) is 6.14. The van der Waals surface area contributed by atoms with E-state index in [-0.39, 0.29) is 17.8 Å². The Hall–Kier alpha value is -2.57. The fourth-order valence-corrected chi connectivity index (χ4v) is 2.84. The van der Waals surface area contributed by atoms with Gasteiger partial charge in [0, 0.05) is 17.8 Å². The van der Waals surface area contributed by atoms with Crippen LogP contribution < -0.4 is 10.9 Å². The summed E-state index contributed by atoms with van der Waals surface area (Å²) in [5.41, 5.74) is 1.56. The Morgan fingerprint density at radius 1 is 1.33 bits per heavy atom. The predicted octanol–water partition coefficient (Wildman–Crippen LogP) is 2.29. The molecule has 7 heteroatoms. The first-order valence-electron chi connectivity index (χ1n) is 7.77. The van der Waals surface area contributed by atoms with Crippen molar-refractivity contribution in [1.29, 1.82) is 0 Å². The number of fused-ring (bicyclic) bond motifs is 1. The maximum Gasteiger partial charge on any atom is 0.267 e. The second kappa shape index (κ2) is 6.51. The lowest BCUT2D eigenvalue weighted by atomic mass is 9.88. The topological polar surface area (TPSA) is 64.0 Å². The molecule has 1 aromatic carbocycles. The summed E-state index contributed by atoms with van der Waals surface area (Å²) >= 11 is 0. The molecule has 0 saturated heterocycles. The average Bonchev–Trinajstić information content (AvgIpc) is 2.52. The third-order valence-electron chi connectivity index (χ3n) is 4.10. The Morgan fingerprint density at radius 2 is 2.12 bits per heavy atom. The minimum absolute atomic E-state index is 0.124. The number of aryl methyl sites for hydroxylation is 1. The van der Waals surface area contributed by atoms with Gasteiger partial charge in [0.1, 0.15) is 6.54 Å². The van der Waals surface area contributed by atoms with Gasteiger partial charge in [-0.3, -0.25) is 9.59 Å². The molecule has 0 saturated carbocycles. The molecule has 3 rings (SSSR count). The summed E-state index contributed by atoms with van der Waals surface area (Å²) in [6.45, 7) is 1.85. The van der Waals surface area contributed by atoms with Gasteiger partial charge < -0.3 is 5.32 Å². The molecule has 0 fully saturated rings. The Labute approximate surface area is 137 Å². The van der Waals surface area contributed by atoms with Crippen LogP contribution in [0.25, 0.3) is 0 Å². The minimum Gasteiger partial charge on any atom is -0.324 e. The van der Waals surface area contributed by atoms with Crippen molar-refractivity contribution in [3.8, 4) is 0 Å². The zero-order chi connectivity index (χ0) is 17.3. The van der Waals surface area contributed by atoms with E-state index in [0.29, 0.717) is 5.92 Å². The summed E-state index contributed by atoms with van der Waals surface area (Å²) in [7, 11) is 0. The van der Waals surface area contributed by atoms with Gasteiger partial charge in [0.2, 0.25) is 5.91 Å². The summed E-state index contributed by atoms with van der Waals surface area (Å²) in [6, 6.07) is 4.59. The number of rotatable bonds is 3. The van der Waals surface area contributed by atoms with Gasteiger partial charge in [-0.05, 0) is 42.9 Å². The summed E-state index contributed by atoms with van der Waals surface area (Å²) in [6.07, 6.45) is 2.60. The first kappa shape index (κ1) is 16.3. The van der Waals surface area contributed by atoms with Gasteiger partial charge in [-0.25, -0.2) is 13.5 Å². The van der Waals surface area contributed by atoms with Crippen molar-refractivity contribution in [2.45, 2.75) is 32.7 Å². The van der Waals surface area contributed by atoms with E-state index in [0.717, 1.165) is 47.3 Å². The molecule has 1 heterocycles. The highest BCUT2D eigenvalue weighted by molar-refractivity contribution is 5.90. The highest BCUT2D eigenvalue weighted by Crippen LogP contribution is 2.22. The molecule has 1 aliphatic carbocycles. The number of aromatic nitrogens is 2. The monoisotopic (exact) mass is 333 g/mol. The first-order chi connectivity index (χ1) is 11.4. The summed E-state index contributed by atoms with van der Waals surface area (Å²) in [4.78, 5) is 24.1. The molecule has 0 spiro atoms. The summed E-state index contributed by atoms with van der Waals surface area (Å²) < 4.78 is 27.1. The highest BCUT2D eigenvalue weighted by atomic mass is 19.2. The van der Waals surface area contributed by atoms with Crippen LogP contribution in [0.1, 0.15) is 24.6 Å². The third kappa shape index (κ3) is 3.50. The normalized spacial score (nSPS) is 16.5.